The molecule has 0 saturated heterocycles. The van der Waals surface area contributed by atoms with E-state index in [0.29, 0.717) is 17.0 Å². The topological polar surface area (TPSA) is 121 Å². The van der Waals surface area contributed by atoms with E-state index < -0.39 is 35.0 Å². The maximum atomic E-state index is 15.4. The van der Waals surface area contributed by atoms with Gasteiger partial charge in [0.2, 0.25) is 5.72 Å². The van der Waals surface area contributed by atoms with Gasteiger partial charge in [0.25, 0.3) is 5.91 Å². The molecule has 0 aliphatic carbocycles. The number of nitrogens with zero attached hydrogens (tertiary/aromatic N) is 3. The van der Waals surface area contributed by atoms with Gasteiger partial charge in [0.1, 0.15) is 22.9 Å². The number of rotatable bonds is 9. The smallest absolute Gasteiger partial charge is 0.359 e. The van der Waals surface area contributed by atoms with Crippen molar-refractivity contribution in [2.24, 2.45) is 0 Å². The highest BCUT2D eigenvalue weighted by atomic mass is 19.1. The van der Waals surface area contributed by atoms with Crippen molar-refractivity contribution in [1.82, 2.24) is 9.78 Å². The van der Waals surface area contributed by atoms with Gasteiger partial charge in [-0.05, 0) is 83.5 Å². The molecule has 0 fully saturated rings. The number of hydrogen-bond acceptors (Lipinski definition) is 9. The van der Waals surface area contributed by atoms with E-state index in [2.05, 4.69) is 10.4 Å². The van der Waals surface area contributed by atoms with Gasteiger partial charge in [0, 0.05) is 24.9 Å². The first-order chi connectivity index (χ1) is 19.8. The van der Waals surface area contributed by atoms with Gasteiger partial charge >= 0.3 is 11.9 Å². The number of carbonyl (C=O) groups excluding carboxylic acids is 3. The number of hydrogen-bond donors (Lipinski definition) is 1. The zero-order valence-corrected chi connectivity index (χ0v) is 24.7. The summed E-state index contributed by atoms with van der Waals surface area (Å²) in [5, 5.41) is 7.22. The van der Waals surface area contributed by atoms with Crippen LogP contribution in [0.4, 0.5) is 15.8 Å². The van der Waals surface area contributed by atoms with E-state index in [1.165, 1.54) is 42.9 Å². The molecular weight excluding hydrogens is 547 g/mol. The van der Waals surface area contributed by atoms with Crippen LogP contribution in [0.1, 0.15) is 61.2 Å². The molecule has 1 amide bonds. The molecule has 42 heavy (non-hydrogen) atoms. The lowest BCUT2D eigenvalue weighted by Gasteiger charge is -2.32. The second-order valence-corrected chi connectivity index (χ2v) is 10.7. The Labute approximate surface area is 243 Å². The number of halogens is 1. The Bertz CT molecular complexity index is 1500. The maximum absolute atomic E-state index is 15.4. The van der Waals surface area contributed by atoms with Crippen molar-refractivity contribution in [3.63, 3.8) is 0 Å². The minimum atomic E-state index is -1.67. The van der Waals surface area contributed by atoms with Crippen molar-refractivity contribution in [2.45, 2.75) is 52.4 Å². The van der Waals surface area contributed by atoms with E-state index >= 15 is 4.39 Å². The molecule has 0 saturated carbocycles. The van der Waals surface area contributed by atoms with Crippen LogP contribution in [0, 0.1) is 5.82 Å². The summed E-state index contributed by atoms with van der Waals surface area (Å²) < 4.78 is 38.0. The van der Waals surface area contributed by atoms with Crippen molar-refractivity contribution in [3.8, 4) is 11.4 Å². The SMILES string of the molecule is CCOC(=O)c1nn(-c2ccc(OC)cc2)c2c1CCN(c1ccc(NC(C)(OC)C(=O)OC(C)(C)C)c(F)c1)C2=O. The predicted molar refractivity (Wildman–Crippen MR) is 153 cm³/mol. The van der Waals surface area contributed by atoms with Gasteiger partial charge in [-0.25, -0.2) is 18.7 Å². The van der Waals surface area contributed by atoms with Crippen LogP contribution < -0.4 is 15.0 Å². The first-order valence-corrected chi connectivity index (χ1v) is 13.4. The number of benzene rings is 2. The summed E-state index contributed by atoms with van der Waals surface area (Å²) in [4.78, 5) is 40.8. The van der Waals surface area contributed by atoms with Crippen LogP contribution in [0.25, 0.3) is 5.69 Å². The summed E-state index contributed by atoms with van der Waals surface area (Å²) in [5.41, 5.74) is -0.963. The second-order valence-electron chi connectivity index (χ2n) is 10.7. The van der Waals surface area contributed by atoms with Gasteiger partial charge in [-0.2, -0.15) is 5.10 Å². The number of carbonyl (C=O) groups is 3. The Morgan fingerprint density at radius 3 is 2.29 bits per heavy atom. The normalized spacial score (nSPS) is 14.6. The fraction of sp³-hybridized carbons (Fsp3) is 0.400. The number of anilines is 2. The number of methoxy groups -OCH3 is 2. The van der Waals surface area contributed by atoms with Gasteiger partial charge in [0.05, 0.1) is 25.1 Å². The van der Waals surface area contributed by atoms with Gasteiger partial charge in [-0.3, -0.25) is 4.79 Å². The Morgan fingerprint density at radius 1 is 1.05 bits per heavy atom. The molecule has 1 atom stereocenters. The van der Waals surface area contributed by atoms with E-state index in [1.807, 2.05) is 0 Å². The molecule has 1 aliphatic heterocycles. The van der Waals surface area contributed by atoms with E-state index in [9.17, 15) is 14.4 Å². The summed E-state index contributed by atoms with van der Waals surface area (Å²) in [6, 6.07) is 11.0. The average molecular weight is 583 g/mol. The molecule has 3 aromatic rings. The molecule has 11 nitrogen and oxygen atoms in total. The first-order valence-electron chi connectivity index (χ1n) is 13.4. The summed E-state index contributed by atoms with van der Waals surface area (Å²) >= 11 is 0. The van der Waals surface area contributed by atoms with Gasteiger partial charge < -0.3 is 29.2 Å². The molecule has 1 aromatic heterocycles. The summed E-state index contributed by atoms with van der Waals surface area (Å²) in [6.07, 6.45) is 0.285. The molecule has 1 N–H and O–H groups in total. The second kappa shape index (κ2) is 11.8. The lowest BCUT2D eigenvalue weighted by molar-refractivity contribution is -0.175. The van der Waals surface area contributed by atoms with Crippen LogP contribution >= 0.6 is 0 Å². The molecule has 0 bridgehead atoms. The molecule has 0 radical (unpaired) electrons. The molecular formula is C30H35FN4O7. The van der Waals surface area contributed by atoms with Crippen LogP contribution in [0.5, 0.6) is 5.75 Å². The molecule has 4 rings (SSSR count). The van der Waals surface area contributed by atoms with E-state index in [-0.39, 0.29) is 42.3 Å². The van der Waals surface area contributed by atoms with Crippen molar-refractivity contribution in [2.75, 3.05) is 37.6 Å². The highest BCUT2D eigenvalue weighted by Gasteiger charge is 2.39. The van der Waals surface area contributed by atoms with Crippen molar-refractivity contribution in [1.29, 1.82) is 0 Å². The Morgan fingerprint density at radius 2 is 1.71 bits per heavy atom. The van der Waals surface area contributed by atoms with Crippen LogP contribution in [-0.2, 0) is 25.4 Å². The van der Waals surface area contributed by atoms with Crippen LogP contribution in [-0.4, -0.2) is 66.3 Å². The molecule has 1 unspecified atom stereocenters. The number of ether oxygens (including phenoxy) is 4. The highest BCUT2D eigenvalue weighted by molar-refractivity contribution is 6.09. The molecule has 2 heterocycles. The average Bonchev–Trinajstić information content (AvgIpc) is 3.34. The lowest BCUT2D eigenvalue weighted by Crippen LogP contribution is -2.49. The minimum Gasteiger partial charge on any atom is -0.497 e. The third kappa shape index (κ3) is 6.08. The summed E-state index contributed by atoms with van der Waals surface area (Å²) in [5.74, 6) is -1.92. The number of esters is 2. The fourth-order valence-corrected chi connectivity index (χ4v) is 4.47. The Balaban J connectivity index is 1.68. The van der Waals surface area contributed by atoms with Crippen molar-refractivity contribution < 1.29 is 37.7 Å². The van der Waals surface area contributed by atoms with Crippen LogP contribution in [0.15, 0.2) is 42.5 Å². The monoisotopic (exact) mass is 582 g/mol. The van der Waals surface area contributed by atoms with Crippen LogP contribution in [0.3, 0.4) is 0 Å². The Kier molecular flexibility index (Phi) is 8.58. The third-order valence-corrected chi connectivity index (χ3v) is 6.64. The Hall–Kier alpha value is -4.45. The summed E-state index contributed by atoms with van der Waals surface area (Å²) in [6.45, 7) is 8.60. The van der Waals surface area contributed by atoms with E-state index in [4.69, 9.17) is 18.9 Å². The molecule has 2 aromatic carbocycles. The summed E-state index contributed by atoms with van der Waals surface area (Å²) in [7, 11) is 2.85. The standard InChI is InChI=1S/C30H35FN4O7/c1-8-41-27(37)24-21-15-16-34(26(36)25(21)35(33-24)18-9-12-20(39-6)13-10-18)19-11-14-23(22(31)17-19)32-30(5,40-7)28(38)42-29(2,3)4/h9-14,17,32H,8,15-16H2,1-7H3. The number of nitrogens with one attached hydrogen (secondary N) is 1. The zero-order chi connectivity index (χ0) is 30.8. The van der Waals surface area contributed by atoms with Crippen molar-refractivity contribution >= 4 is 29.2 Å². The molecule has 224 valence electrons. The van der Waals surface area contributed by atoms with Crippen molar-refractivity contribution in [3.05, 3.63) is 65.2 Å². The maximum Gasteiger partial charge on any atom is 0.359 e. The van der Waals surface area contributed by atoms with Crippen LogP contribution in [0.2, 0.25) is 0 Å². The molecule has 12 heteroatoms. The first kappa shape index (κ1) is 30.5. The minimum absolute atomic E-state index is 0.0213. The van der Waals surface area contributed by atoms with Gasteiger partial charge in [-0.1, -0.05) is 0 Å². The highest BCUT2D eigenvalue weighted by Crippen LogP contribution is 2.32. The van der Waals surface area contributed by atoms with E-state index in [1.54, 1.807) is 58.0 Å². The third-order valence-electron chi connectivity index (χ3n) is 6.64. The number of fused-ring (bicyclic) bond motifs is 1. The zero-order valence-electron chi connectivity index (χ0n) is 24.7. The molecule has 0 spiro atoms. The van der Waals surface area contributed by atoms with Gasteiger partial charge in [0.15, 0.2) is 5.69 Å². The van der Waals surface area contributed by atoms with E-state index in [0.717, 1.165) is 0 Å². The number of amides is 1. The lowest BCUT2D eigenvalue weighted by atomic mass is 10.0. The fourth-order valence-electron chi connectivity index (χ4n) is 4.47. The van der Waals surface area contributed by atoms with Gasteiger partial charge in [-0.15, -0.1) is 0 Å². The largest absolute Gasteiger partial charge is 0.497 e. The molecule has 1 aliphatic rings. The number of aromatic nitrogens is 2. The quantitative estimate of drug-likeness (QED) is 0.287. The predicted octanol–water partition coefficient (Wildman–Crippen LogP) is 4.52.